The predicted octanol–water partition coefficient (Wildman–Crippen LogP) is 1.69. The van der Waals surface area contributed by atoms with Crippen LogP contribution in [-0.2, 0) is 4.79 Å². The second-order valence-electron chi connectivity index (χ2n) is 6.80. The number of carbonyl (C=O) groups is 1. The molecular formula is C19H29N3O2. The quantitative estimate of drug-likeness (QED) is 0.823. The first kappa shape index (κ1) is 17.2. The molecule has 1 aromatic rings. The van der Waals surface area contributed by atoms with Crippen LogP contribution in [0.1, 0.15) is 19.8 Å². The Labute approximate surface area is 145 Å². The first-order valence-electron chi connectivity index (χ1n) is 9.12. The summed E-state index contributed by atoms with van der Waals surface area (Å²) in [6, 6.07) is 10.6. The molecule has 0 bridgehead atoms. The van der Waals surface area contributed by atoms with Crippen molar-refractivity contribution in [3.8, 4) is 5.75 Å². The number of hydrogen-bond acceptors (Lipinski definition) is 4. The van der Waals surface area contributed by atoms with E-state index in [1.807, 2.05) is 35.2 Å². The molecule has 132 valence electrons. The average molecular weight is 331 g/mol. The Morgan fingerprint density at radius 2 is 1.88 bits per heavy atom. The highest BCUT2D eigenvalue weighted by Gasteiger charge is 2.28. The Bertz CT molecular complexity index is 515. The normalized spacial score (nSPS) is 23.2. The monoisotopic (exact) mass is 331 g/mol. The van der Waals surface area contributed by atoms with Gasteiger partial charge in [-0.05, 0) is 25.0 Å². The number of carbonyl (C=O) groups excluding carboxylic acids is 1. The van der Waals surface area contributed by atoms with Gasteiger partial charge in [-0.1, -0.05) is 18.2 Å². The van der Waals surface area contributed by atoms with Crippen LogP contribution >= 0.6 is 0 Å². The van der Waals surface area contributed by atoms with Gasteiger partial charge < -0.3 is 9.64 Å². The molecule has 1 atom stereocenters. The van der Waals surface area contributed by atoms with Gasteiger partial charge in [-0.25, -0.2) is 0 Å². The third kappa shape index (κ3) is 4.71. The van der Waals surface area contributed by atoms with Gasteiger partial charge in [-0.2, -0.15) is 0 Å². The fourth-order valence-corrected chi connectivity index (χ4v) is 3.70. The fourth-order valence-electron chi connectivity index (χ4n) is 3.70. The van der Waals surface area contributed by atoms with Crippen LogP contribution in [0.25, 0.3) is 0 Å². The van der Waals surface area contributed by atoms with Crippen molar-refractivity contribution >= 4 is 5.91 Å². The van der Waals surface area contributed by atoms with Crippen LogP contribution in [0.3, 0.4) is 0 Å². The zero-order valence-electron chi connectivity index (χ0n) is 14.7. The molecule has 1 amide bonds. The van der Waals surface area contributed by atoms with Crippen LogP contribution < -0.4 is 4.74 Å². The zero-order valence-corrected chi connectivity index (χ0v) is 14.7. The summed E-state index contributed by atoms with van der Waals surface area (Å²) < 4.78 is 5.79. The Kier molecular flexibility index (Phi) is 6.10. The van der Waals surface area contributed by atoms with E-state index in [1.54, 1.807) is 6.92 Å². The molecule has 1 unspecified atom stereocenters. The lowest BCUT2D eigenvalue weighted by Gasteiger charge is -2.43. The molecular weight excluding hydrogens is 302 g/mol. The lowest BCUT2D eigenvalue weighted by atomic mass is 10.0. The summed E-state index contributed by atoms with van der Waals surface area (Å²) in [4.78, 5) is 18.7. The van der Waals surface area contributed by atoms with E-state index in [-0.39, 0.29) is 5.91 Å². The SMILES string of the molecule is CC(=O)N1CCCC(N2CCN(CCOc3ccccc3)CC2)C1. The van der Waals surface area contributed by atoms with Crippen LogP contribution in [0.2, 0.25) is 0 Å². The topological polar surface area (TPSA) is 36.0 Å². The van der Waals surface area contributed by atoms with Crippen molar-refractivity contribution in [2.45, 2.75) is 25.8 Å². The van der Waals surface area contributed by atoms with E-state index in [9.17, 15) is 4.79 Å². The summed E-state index contributed by atoms with van der Waals surface area (Å²) in [5, 5.41) is 0. The van der Waals surface area contributed by atoms with Gasteiger partial charge >= 0.3 is 0 Å². The molecule has 2 fully saturated rings. The summed E-state index contributed by atoms with van der Waals surface area (Å²) in [6.45, 7) is 9.63. The van der Waals surface area contributed by atoms with Crippen molar-refractivity contribution < 1.29 is 9.53 Å². The summed E-state index contributed by atoms with van der Waals surface area (Å²) in [5.41, 5.74) is 0. The van der Waals surface area contributed by atoms with Crippen LogP contribution in [0, 0.1) is 0 Å². The third-order valence-corrected chi connectivity index (χ3v) is 5.18. The minimum atomic E-state index is 0.219. The van der Waals surface area contributed by atoms with E-state index in [1.165, 1.54) is 6.42 Å². The van der Waals surface area contributed by atoms with Crippen molar-refractivity contribution in [1.82, 2.24) is 14.7 Å². The van der Waals surface area contributed by atoms with Crippen LogP contribution in [-0.4, -0.2) is 79.1 Å². The van der Waals surface area contributed by atoms with Gasteiger partial charge in [0.2, 0.25) is 5.91 Å². The molecule has 1 aromatic carbocycles. The number of likely N-dealkylation sites (tertiary alicyclic amines) is 1. The number of ether oxygens (including phenoxy) is 1. The average Bonchev–Trinajstić information content (AvgIpc) is 2.63. The summed E-state index contributed by atoms with van der Waals surface area (Å²) in [6.07, 6.45) is 2.36. The number of nitrogens with zero attached hydrogens (tertiary/aromatic N) is 3. The maximum absolute atomic E-state index is 11.6. The molecule has 24 heavy (non-hydrogen) atoms. The van der Waals surface area contributed by atoms with E-state index >= 15 is 0 Å². The van der Waals surface area contributed by atoms with Gasteiger partial charge in [0, 0.05) is 58.8 Å². The molecule has 0 aromatic heterocycles. The second kappa shape index (κ2) is 8.49. The van der Waals surface area contributed by atoms with Crippen molar-refractivity contribution in [1.29, 1.82) is 0 Å². The van der Waals surface area contributed by atoms with Crippen molar-refractivity contribution in [2.75, 3.05) is 52.4 Å². The standard InChI is InChI=1S/C19H29N3O2/c1-17(23)22-9-5-6-18(16-22)21-12-10-20(11-13-21)14-15-24-19-7-3-2-4-8-19/h2-4,7-8,18H,5-6,9-16H2,1H3. The van der Waals surface area contributed by atoms with E-state index in [0.29, 0.717) is 6.04 Å². The largest absolute Gasteiger partial charge is 0.492 e. The summed E-state index contributed by atoms with van der Waals surface area (Å²) in [7, 11) is 0. The highest BCUT2D eigenvalue weighted by molar-refractivity contribution is 5.73. The lowest BCUT2D eigenvalue weighted by molar-refractivity contribution is -0.131. The van der Waals surface area contributed by atoms with Gasteiger partial charge in [-0.3, -0.25) is 14.6 Å². The van der Waals surface area contributed by atoms with Crippen molar-refractivity contribution in [2.24, 2.45) is 0 Å². The number of rotatable bonds is 5. The summed E-state index contributed by atoms with van der Waals surface area (Å²) >= 11 is 0. The fraction of sp³-hybridized carbons (Fsp3) is 0.632. The first-order valence-corrected chi connectivity index (χ1v) is 9.12. The molecule has 2 aliphatic rings. The molecule has 2 heterocycles. The molecule has 0 N–H and O–H groups in total. The highest BCUT2D eigenvalue weighted by atomic mass is 16.5. The van der Waals surface area contributed by atoms with Gasteiger partial charge in [-0.15, -0.1) is 0 Å². The Morgan fingerprint density at radius 3 is 2.58 bits per heavy atom. The molecule has 2 aliphatic heterocycles. The number of piperidine rings is 1. The Balaban J connectivity index is 1.37. The maximum Gasteiger partial charge on any atom is 0.219 e. The smallest absolute Gasteiger partial charge is 0.219 e. The molecule has 2 saturated heterocycles. The van der Waals surface area contributed by atoms with Crippen molar-refractivity contribution in [3.63, 3.8) is 0 Å². The molecule has 5 nitrogen and oxygen atoms in total. The molecule has 0 aliphatic carbocycles. The van der Waals surface area contributed by atoms with Crippen LogP contribution in [0.15, 0.2) is 30.3 Å². The zero-order chi connectivity index (χ0) is 16.8. The Hall–Kier alpha value is -1.59. The molecule has 0 radical (unpaired) electrons. The van der Waals surface area contributed by atoms with Gasteiger partial charge in [0.05, 0.1) is 0 Å². The maximum atomic E-state index is 11.6. The third-order valence-electron chi connectivity index (χ3n) is 5.18. The van der Waals surface area contributed by atoms with Gasteiger partial charge in [0.25, 0.3) is 0 Å². The van der Waals surface area contributed by atoms with Gasteiger partial charge in [0.1, 0.15) is 12.4 Å². The van der Waals surface area contributed by atoms with E-state index in [0.717, 1.165) is 64.6 Å². The molecule has 3 rings (SSSR count). The first-order chi connectivity index (χ1) is 11.7. The minimum Gasteiger partial charge on any atom is -0.492 e. The number of para-hydroxylation sites is 1. The highest BCUT2D eigenvalue weighted by Crippen LogP contribution is 2.18. The van der Waals surface area contributed by atoms with Gasteiger partial charge in [0.15, 0.2) is 0 Å². The van der Waals surface area contributed by atoms with E-state index in [4.69, 9.17) is 4.74 Å². The lowest BCUT2D eigenvalue weighted by Crippen LogP contribution is -2.55. The minimum absolute atomic E-state index is 0.219. The molecule has 5 heteroatoms. The predicted molar refractivity (Wildman–Crippen MR) is 95.2 cm³/mol. The van der Waals surface area contributed by atoms with E-state index < -0.39 is 0 Å². The Morgan fingerprint density at radius 1 is 1.12 bits per heavy atom. The second-order valence-corrected chi connectivity index (χ2v) is 6.80. The number of piperazine rings is 1. The summed E-state index contributed by atoms with van der Waals surface area (Å²) in [5.74, 6) is 1.17. The molecule has 0 saturated carbocycles. The number of amides is 1. The van der Waals surface area contributed by atoms with Crippen molar-refractivity contribution in [3.05, 3.63) is 30.3 Å². The van der Waals surface area contributed by atoms with Crippen LogP contribution in [0.5, 0.6) is 5.75 Å². The van der Waals surface area contributed by atoms with E-state index in [2.05, 4.69) is 9.80 Å². The molecule has 0 spiro atoms. The van der Waals surface area contributed by atoms with Crippen LogP contribution in [0.4, 0.5) is 0 Å². The number of hydrogen-bond donors (Lipinski definition) is 0. The number of benzene rings is 1.